The molecule has 0 spiro atoms. The topological polar surface area (TPSA) is 75.7 Å². The van der Waals surface area contributed by atoms with Crippen molar-refractivity contribution in [3.63, 3.8) is 0 Å². The van der Waals surface area contributed by atoms with E-state index in [1.165, 1.54) is 0 Å². The van der Waals surface area contributed by atoms with Crippen LogP contribution < -0.4 is 0 Å². The van der Waals surface area contributed by atoms with Gasteiger partial charge in [-0.2, -0.15) is 0 Å². The number of benzene rings is 1. The highest BCUT2D eigenvalue weighted by Gasteiger charge is 2.33. The predicted molar refractivity (Wildman–Crippen MR) is 71.8 cm³/mol. The Morgan fingerprint density at radius 2 is 2.32 bits per heavy atom. The fraction of sp³-hybridized carbons (Fsp3) is 0.417. The number of thiocarbonyl (C=S) groups is 1. The number of nitro benzene ring substituents is 1. The van der Waals surface area contributed by atoms with E-state index >= 15 is 0 Å². The fourth-order valence-corrected chi connectivity index (χ4v) is 2.13. The number of nitrogens with zero attached hydrogens (tertiary/aromatic N) is 2. The molecule has 1 aromatic rings. The minimum atomic E-state index is -1.12. The Balaban J connectivity index is 3.48. The SMILES string of the molecule is CCC(CCO)(N=C=S)c1cc([N+](=O)[O-])ccc1F. The van der Waals surface area contributed by atoms with Crippen LogP contribution in [0.3, 0.4) is 0 Å². The van der Waals surface area contributed by atoms with Crippen LogP contribution in [0.25, 0.3) is 0 Å². The van der Waals surface area contributed by atoms with Crippen molar-refractivity contribution in [3.05, 3.63) is 39.7 Å². The molecule has 19 heavy (non-hydrogen) atoms. The molecule has 0 amide bonds. The number of aliphatic hydroxyl groups excluding tert-OH is 1. The molecule has 1 N–H and O–H groups in total. The largest absolute Gasteiger partial charge is 0.396 e. The normalized spacial score (nSPS) is 13.4. The van der Waals surface area contributed by atoms with Crippen LogP contribution in [0.15, 0.2) is 23.2 Å². The molecule has 0 bridgehead atoms. The third-order valence-electron chi connectivity index (χ3n) is 3.03. The summed E-state index contributed by atoms with van der Waals surface area (Å²) in [5, 5.41) is 22.1. The lowest BCUT2D eigenvalue weighted by Crippen LogP contribution is -2.25. The van der Waals surface area contributed by atoms with Crippen molar-refractivity contribution < 1.29 is 14.4 Å². The van der Waals surface area contributed by atoms with Crippen molar-refractivity contribution in [2.24, 2.45) is 4.99 Å². The summed E-state index contributed by atoms with van der Waals surface area (Å²) in [7, 11) is 0. The maximum atomic E-state index is 13.9. The lowest BCUT2D eigenvalue weighted by molar-refractivity contribution is -0.385. The number of aliphatic imine (C=N–C) groups is 1. The van der Waals surface area contributed by atoms with Gasteiger partial charge in [-0.1, -0.05) is 6.92 Å². The van der Waals surface area contributed by atoms with Gasteiger partial charge in [-0.3, -0.25) is 10.1 Å². The maximum absolute atomic E-state index is 13.9. The first kappa shape index (κ1) is 15.4. The molecule has 0 fully saturated rings. The molecule has 0 heterocycles. The minimum absolute atomic E-state index is 0.0515. The van der Waals surface area contributed by atoms with Crippen molar-refractivity contribution in [1.82, 2.24) is 0 Å². The van der Waals surface area contributed by atoms with Crippen LogP contribution in [0.2, 0.25) is 0 Å². The van der Waals surface area contributed by atoms with Crippen molar-refractivity contribution in [1.29, 1.82) is 0 Å². The summed E-state index contributed by atoms with van der Waals surface area (Å²) in [4.78, 5) is 14.1. The predicted octanol–water partition coefficient (Wildman–Crippen LogP) is 2.82. The summed E-state index contributed by atoms with van der Waals surface area (Å²) in [6.07, 6.45) is 0.459. The van der Waals surface area contributed by atoms with Crippen LogP contribution in [0.1, 0.15) is 25.3 Å². The average molecular weight is 284 g/mol. The van der Waals surface area contributed by atoms with Gasteiger partial charge in [-0.25, -0.2) is 9.38 Å². The Bertz CT molecular complexity index is 532. The molecule has 0 aromatic heterocycles. The Morgan fingerprint density at radius 3 is 2.79 bits per heavy atom. The lowest BCUT2D eigenvalue weighted by atomic mass is 9.84. The smallest absolute Gasteiger partial charge is 0.270 e. The molecule has 1 aromatic carbocycles. The molecule has 0 saturated heterocycles. The number of hydrogen-bond acceptors (Lipinski definition) is 5. The van der Waals surface area contributed by atoms with E-state index in [4.69, 9.17) is 5.11 Å². The highest BCUT2D eigenvalue weighted by Crippen LogP contribution is 2.36. The quantitative estimate of drug-likeness (QED) is 0.377. The van der Waals surface area contributed by atoms with Crippen LogP contribution in [0, 0.1) is 15.9 Å². The van der Waals surface area contributed by atoms with E-state index in [-0.39, 0.29) is 24.3 Å². The second kappa shape index (κ2) is 6.47. The Morgan fingerprint density at radius 1 is 1.63 bits per heavy atom. The molecule has 0 aliphatic rings. The number of hydrogen-bond donors (Lipinski definition) is 1. The zero-order valence-corrected chi connectivity index (χ0v) is 11.1. The van der Waals surface area contributed by atoms with E-state index in [0.717, 1.165) is 18.2 Å². The average Bonchev–Trinajstić information content (AvgIpc) is 2.38. The van der Waals surface area contributed by atoms with Crippen molar-refractivity contribution in [3.8, 4) is 0 Å². The molecule has 0 aliphatic heterocycles. The Hall–Kier alpha value is -1.69. The number of rotatable bonds is 6. The number of nitro groups is 1. The van der Waals surface area contributed by atoms with E-state index in [9.17, 15) is 14.5 Å². The third kappa shape index (κ3) is 3.20. The van der Waals surface area contributed by atoms with Crippen LogP contribution in [-0.4, -0.2) is 21.8 Å². The monoisotopic (exact) mass is 284 g/mol. The molecule has 1 atom stereocenters. The second-order valence-electron chi connectivity index (χ2n) is 3.98. The standard InChI is InChI=1S/C12H13FN2O3S/c1-2-12(5-6-16,14-8-19)10-7-9(15(17)18)3-4-11(10)13/h3-4,7,16H,2,5-6H2,1H3. The van der Waals surface area contributed by atoms with Crippen LogP contribution in [-0.2, 0) is 5.54 Å². The van der Waals surface area contributed by atoms with Gasteiger partial charge < -0.3 is 5.11 Å². The van der Waals surface area contributed by atoms with E-state index in [1.54, 1.807) is 6.92 Å². The van der Waals surface area contributed by atoms with E-state index in [0.29, 0.717) is 6.42 Å². The first-order valence-corrected chi connectivity index (χ1v) is 6.06. The molecule has 0 aliphatic carbocycles. The fourth-order valence-electron chi connectivity index (χ4n) is 1.95. The first-order chi connectivity index (χ1) is 9.00. The summed E-state index contributed by atoms with van der Waals surface area (Å²) < 4.78 is 13.9. The summed E-state index contributed by atoms with van der Waals surface area (Å²) in [5.41, 5.74) is -1.30. The Kier molecular flexibility index (Phi) is 5.23. The van der Waals surface area contributed by atoms with Gasteiger partial charge in [-0.15, -0.1) is 0 Å². The zero-order chi connectivity index (χ0) is 14.5. The highest BCUT2D eigenvalue weighted by atomic mass is 32.1. The van der Waals surface area contributed by atoms with Gasteiger partial charge in [0.2, 0.25) is 0 Å². The van der Waals surface area contributed by atoms with Crippen molar-refractivity contribution in [2.75, 3.05) is 6.61 Å². The van der Waals surface area contributed by atoms with Gasteiger partial charge in [0.25, 0.3) is 5.69 Å². The zero-order valence-electron chi connectivity index (χ0n) is 10.3. The Labute approximate surface area is 114 Å². The molecule has 1 unspecified atom stereocenters. The summed E-state index contributed by atoms with van der Waals surface area (Å²) in [6, 6.07) is 3.23. The van der Waals surface area contributed by atoms with E-state index in [1.807, 2.05) is 0 Å². The molecule has 7 heteroatoms. The number of aliphatic hydroxyl groups is 1. The molecule has 0 radical (unpaired) electrons. The van der Waals surface area contributed by atoms with Gasteiger partial charge in [0.15, 0.2) is 0 Å². The van der Waals surface area contributed by atoms with Crippen molar-refractivity contribution in [2.45, 2.75) is 25.3 Å². The van der Waals surface area contributed by atoms with Crippen LogP contribution in [0.5, 0.6) is 0 Å². The molecule has 102 valence electrons. The van der Waals surface area contributed by atoms with Gasteiger partial charge in [0.1, 0.15) is 11.4 Å². The van der Waals surface area contributed by atoms with Gasteiger partial charge in [0, 0.05) is 30.7 Å². The molecule has 1 rings (SSSR count). The summed E-state index contributed by atoms with van der Waals surface area (Å²) >= 11 is 4.55. The van der Waals surface area contributed by atoms with E-state index in [2.05, 4.69) is 22.4 Å². The molecular weight excluding hydrogens is 271 g/mol. The molecule has 5 nitrogen and oxygen atoms in total. The second-order valence-corrected chi connectivity index (χ2v) is 4.17. The van der Waals surface area contributed by atoms with Crippen LogP contribution >= 0.6 is 12.2 Å². The highest BCUT2D eigenvalue weighted by molar-refractivity contribution is 7.78. The number of halogens is 1. The number of non-ortho nitro benzene ring substituents is 1. The summed E-state index contributed by atoms with van der Waals surface area (Å²) in [5.74, 6) is -0.616. The minimum Gasteiger partial charge on any atom is -0.396 e. The van der Waals surface area contributed by atoms with Gasteiger partial charge >= 0.3 is 0 Å². The van der Waals surface area contributed by atoms with Gasteiger partial charge in [-0.05, 0) is 24.7 Å². The summed E-state index contributed by atoms with van der Waals surface area (Å²) in [6.45, 7) is 1.50. The lowest BCUT2D eigenvalue weighted by Gasteiger charge is -2.27. The maximum Gasteiger partial charge on any atom is 0.270 e. The van der Waals surface area contributed by atoms with Crippen LogP contribution in [0.4, 0.5) is 10.1 Å². The third-order valence-corrected chi connectivity index (χ3v) is 3.12. The molecule has 0 saturated carbocycles. The molecular formula is C12H13FN2O3S. The first-order valence-electron chi connectivity index (χ1n) is 5.65. The van der Waals surface area contributed by atoms with E-state index < -0.39 is 16.3 Å². The van der Waals surface area contributed by atoms with Gasteiger partial charge in [0.05, 0.1) is 10.1 Å². The van der Waals surface area contributed by atoms with Crippen molar-refractivity contribution >= 4 is 23.1 Å². The number of isothiocyanates is 1.